The van der Waals surface area contributed by atoms with E-state index in [1.807, 2.05) is 67.1 Å². The smallest absolute Gasteiger partial charge is 0.138 e. The van der Waals surface area contributed by atoms with Gasteiger partial charge in [0.1, 0.15) is 5.58 Å². The summed E-state index contributed by atoms with van der Waals surface area (Å²) < 4.78 is 8.01. The molecule has 0 fully saturated rings. The average molecular weight is 827 g/mol. The zero-order valence-corrected chi connectivity index (χ0v) is 32.3. The Hall–Kier alpha value is -3.63. The van der Waals surface area contributed by atoms with E-state index in [1.54, 1.807) is 0 Å². The minimum Gasteiger partial charge on any atom is -0.499 e. The number of hydrogen-bond donors (Lipinski definition) is 0. The van der Waals surface area contributed by atoms with E-state index >= 15 is 0 Å². The molecule has 4 aromatic heterocycles. The fraction of sp³-hybridized carbons (Fsp3) is 0.302. The van der Waals surface area contributed by atoms with E-state index in [2.05, 4.69) is 102 Å². The third kappa shape index (κ3) is 6.17. The van der Waals surface area contributed by atoms with Gasteiger partial charge in [-0.25, -0.2) is 0 Å². The summed E-state index contributed by atoms with van der Waals surface area (Å²) in [5.41, 5.74) is 10.2. The largest absolute Gasteiger partial charge is 0.499 e. The van der Waals surface area contributed by atoms with Crippen LogP contribution in [0.5, 0.6) is 0 Å². The Labute approximate surface area is 302 Å². The van der Waals surface area contributed by atoms with Gasteiger partial charge in [-0.1, -0.05) is 89.7 Å². The van der Waals surface area contributed by atoms with Gasteiger partial charge in [0.05, 0.1) is 10.3 Å². The van der Waals surface area contributed by atoms with E-state index in [1.165, 1.54) is 49.9 Å². The molecule has 0 spiro atoms. The number of benzene rings is 3. The number of fused-ring (bicyclic) bond motifs is 7. The molecule has 0 atom stereocenters. The molecule has 1 aliphatic rings. The molecular formula is C43H42IrN2OS-2. The minimum atomic E-state index is 0. The molecule has 8 rings (SSSR count). The second-order valence-corrected chi connectivity index (χ2v) is 16.3. The van der Waals surface area contributed by atoms with Gasteiger partial charge in [-0.3, -0.25) is 0 Å². The van der Waals surface area contributed by atoms with Crippen molar-refractivity contribution in [3.05, 3.63) is 119 Å². The summed E-state index contributed by atoms with van der Waals surface area (Å²) in [5, 5.41) is 3.68. The van der Waals surface area contributed by atoms with Crippen LogP contribution in [0, 0.1) is 19.1 Å². The molecular weight excluding hydrogens is 785 g/mol. The van der Waals surface area contributed by atoms with Crippen LogP contribution < -0.4 is 0 Å². The maximum atomic E-state index is 6.73. The van der Waals surface area contributed by atoms with Gasteiger partial charge < -0.3 is 14.4 Å². The third-order valence-corrected chi connectivity index (χ3v) is 11.3. The molecule has 0 bridgehead atoms. The fourth-order valence-corrected chi connectivity index (χ4v) is 8.37. The molecule has 0 N–H and O–H groups in total. The normalized spacial score (nSPS) is 15.1. The second-order valence-electron chi connectivity index (χ2n) is 15.3. The van der Waals surface area contributed by atoms with Gasteiger partial charge in [0.15, 0.2) is 0 Å². The summed E-state index contributed by atoms with van der Waals surface area (Å²) in [6.07, 6.45) is 6.21. The molecule has 5 heteroatoms. The van der Waals surface area contributed by atoms with E-state index in [-0.39, 0.29) is 36.4 Å². The van der Waals surface area contributed by atoms with Crippen molar-refractivity contribution in [2.75, 3.05) is 0 Å². The van der Waals surface area contributed by atoms with Crippen molar-refractivity contribution in [3.8, 4) is 22.5 Å². The third-order valence-electron chi connectivity index (χ3n) is 9.70. The first-order valence-electron chi connectivity index (χ1n) is 16.5. The summed E-state index contributed by atoms with van der Waals surface area (Å²) >= 11 is 1.94. The van der Waals surface area contributed by atoms with Crippen LogP contribution in [-0.4, -0.2) is 9.97 Å². The molecule has 3 aromatic carbocycles. The molecule has 247 valence electrons. The van der Waals surface area contributed by atoms with E-state index in [0.717, 1.165) is 39.1 Å². The van der Waals surface area contributed by atoms with Gasteiger partial charge >= 0.3 is 0 Å². The van der Waals surface area contributed by atoms with E-state index in [4.69, 9.17) is 9.40 Å². The van der Waals surface area contributed by atoms with E-state index in [9.17, 15) is 0 Å². The fourth-order valence-electron chi connectivity index (χ4n) is 6.77. The van der Waals surface area contributed by atoms with Crippen LogP contribution in [0.2, 0.25) is 0 Å². The molecule has 0 saturated heterocycles. The van der Waals surface area contributed by atoms with Gasteiger partial charge in [0.25, 0.3) is 0 Å². The topological polar surface area (TPSA) is 38.9 Å². The minimum absolute atomic E-state index is 0. The molecule has 4 heterocycles. The number of aryl methyl sites for hydroxylation is 1. The number of pyridine rings is 2. The van der Waals surface area contributed by atoms with Crippen molar-refractivity contribution >= 4 is 43.4 Å². The predicted molar refractivity (Wildman–Crippen MR) is 198 cm³/mol. The molecule has 0 saturated carbocycles. The molecule has 7 aromatic rings. The molecule has 0 amide bonds. The van der Waals surface area contributed by atoms with Crippen LogP contribution in [0.4, 0.5) is 0 Å². The Balaban J connectivity index is 0.000000241. The summed E-state index contributed by atoms with van der Waals surface area (Å²) in [7, 11) is 0. The number of aromatic nitrogens is 2. The van der Waals surface area contributed by atoms with Gasteiger partial charge in [-0.2, -0.15) is 0 Å². The molecule has 0 unspecified atom stereocenters. The van der Waals surface area contributed by atoms with Crippen molar-refractivity contribution in [3.63, 3.8) is 0 Å². The molecule has 1 radical (unpaired) electrons. The summed E-state index contributed by atoms with van der Waals surface area (Å²) in [4.78, 5) is 10.6. The van der Waals surface area contributed by atoms with Crippen LogP contribution in [0.1, 0.15) is 82.9 Å². The number of thiophene rings is 1. The SMILES string of the molecule is CC(C)(C)c1ccnc(-c2[c-]ccc3c2oc2c3ccc3c4c(sc32)C(C)(C)CCC4(C)C)c1.Cc1ccc(-c2[c-]cccc2)nc1.[Ir]. The van der Waals surface area contributed by atoms with Crippen molar-refractivity contribution in [2.24, 2.45) is 0 Å². The molecule has 48 heavy (non-hydrogen) atoms. The Kier molecular flexibility index (Phi) is 9.04. The summed E-state index contributed by atoms with van der Waals surface area (Å²) in [5.74, 6) is 0. The number of furan rings is 1. The first kappa shape index (κ1) is 34.2. The Morgan fingerprint density at radius 3 is 2.23 bits per heavy atom. The Morgan fingerprint density at radius 1 is 0.771 bits per heavy atom. The van der Waals surface area contributed by atoms with Crippen LogP contribution in [-0.2, 0) is 36.4 Å². The average Bonchev–Trinajstić information content (AvgIpc) is 3.65. The standard InChI is InChI=1S/C31H32NOS.C12H10N.Ir/c1-29(2,3)18-13-16-32-23(17-18)21-10-8-9-19-20-11-12-22-24-28(31(6,7)15-14-30(24,4)5)34-27(22)26(20)33-25(19)21;1-10-7-8-12(13-9-10)11-5-3-2-4-6-11;/h8-9,11-13,16-17H,14-15H2,1-7H3;2-5,7-9H,1H3;/q2*-1;. The van der Waals surface area contributed by atoms with Gasteiger partial charge in [0, 0.05) is 48.1 Å². The van der Waals surface area contributed by atoms with Crippen molar-refractivity contribution in [1.82, 2.24) is 9.97 Å². The van der Waals surface area contributed by atoms with Crippen LogP contribution in [0.3, 0.4) is 0 Å². The molecule has 1 aliphatic carbocycles. The number of hydrogen-bond acceptors (Lipinski definition) is 4. The second kappa shape index (κ2) is 12.7. The Morgan fingerprint density at radius 2 is 1.52 bits per heavy atom. The zero-order chi connectivity index (χ0) is 33.1. The van der Waals surface area contributed by atoms with Crippen LogP contribution in [0.15, 0.2) is 89.6 Å². The van der Waals surface area contributed by atoms with Gasteiger partial charge in [-0.05, 0) is 70.2 Å². The summed E-state index contributed by atoms with van der Waals surface area (Å²) in [6, 6.07) is 31.5. The first-order valence-corrected chi connectivity index (χ1v) is 17.4. The van der Waals surface area contributed by atoms with Gasteiger partial charge in [-0.15, -0.1) is 65.4 Å². The Bertz CT molecular complexity index is 2240. The van der Waals surface area contributed by atoms with Gasteiger partial charge in [0.2, 0.25) is 0 Å². The van der Waals surface area contributed by atoms with Crippen LogP contribution in [0.25, 0.3) is 54.5 Å². The van der Waals surface area contributed by atoms with Crippen molar-refractivity contribution < 1.29 is 24.5 Å². The number of rotatable bonds is 2. The predicted octanol–water partition coefficient (Wildman–Crippen LogP) is 12.2. The van der Waals surface area contributed by atoms with E-state index in [0.29, 0.717) is 0 Å². The summed E-state index contributed by atoms with van der Waals surface area (Å²) in [6.45, 7) is 18.3. The maximum absolute atomic E-state index is 6.73. The monoisotopic (exact) mass is 827 g/mol. The quantitative estimate of drug-likeness (QED) is 0.163. The maximum Gasteiger partial charge on any atom is 0.138 e. The number of nitrogens with zero attached hydrogens (tertiary/aromatic N) is 2. The van der Waals surface area contributed by atoms with Crippen LogP contribution >= 0.6 is 11.3 Å². The molecule has 3 nitrogen and oxygen atoms in total. The van der Waals surface area contributed by atoms with Crippen molar-refractivity contribution in [2.45, 2.75) is 84.5 Å². The first-order chi connectivity index (χ1) is 22.3. The molecule has 0 aliphatic heterocycles. The van der Waals surface area contributed by atoms with Crippen molar-refractivity contribution in [1.29, 1.82) is 0 Å². The zero-order valence-electron chi connectivity index (χ0n) is 29.0. The van der Waals surface area contributed by atoms with E-state index < -0.39 is 0 Å².